The van der Waals surface area contributed by atoms with E-state index in [9.17, 15) is 4.79 Å². The third-order valence-electron chi connectivity index (χ3n) is 6.51. The summed E-state index contributed by atoms with van der Waals surface area (Å²) in [6.45, 7) is 4.97. The summed E-state index contributed by atoms with van der Waals surface area (Å²) in [6, 6.07) is 26.0. The third kappa shape index (κ3) is 6.17. The van der Waals surface area contributed by atoms with Crippen LogP contribution in [0.3, 0.4) is 0 Å². The Morgan fingerprint density at radius 2 is 1.74 bits per heavy atom. The minimum absolute atomic E-state index is 0.256. The molecular formula is C31H30BrN3O3. The van der Waals surface area contributed by atoms with Gasteiger partial charge in [-0.25, -0.2) is 5.43 Å². The van der Waals surface area contributed by atoms with Gasteiger partial charge in [-0.1, -0.05) is 36.4 Å². The fourth-order valence-electron chi connectivity index (χ4n) is 4.58. The van der Waals surface area contributed by atoms with E-state index in [4.69, 9.17) is 9.47 Å². The zero-order chi connectivity index (χ0) is 26.3. The standard InChI is InChI=1S/C31H30BrN3O3/c1-2-37-29-19-23(20-33-34-31(36)25-11-13-27(14-12-25)35-15-5-6-16-35)18-28(32)30(29)38-21-22-9-10-24-7-3-4-8-26(24)17-22/h3-4,7-14,17-20H,2,5-6,15-16,21H2,1H3,(H,34,36)/b33-20-. The van der Waals surface area contributed by atoms with Gasteiger partial charge in [-0.05, 0) is 100 Å². The number of ether oxygens (including phenoxy) is 2. The maximum atomic E-state index is 12.6. The van der Waals surface area contributed by atoms with E-state index in [1.165, 1.54) is 23.6 Å². The van der Waals surface area contributed by atoms with Crippen molar-refractivity contribution in [1.29, 1.82) is 0 Å². The topological polar surface area (TPSA) is 63.2 Å². The number of carbonyl (C=O) groups is 1. The van der Waals surface area contributed by atoms with Gasteiger partial charge in [-0.2, -0.15) is 5.10 Å². The molecule has 38 heavy (non-hydrogen) atoms. The van der Waals surface area contributed by atoms with Crippen molar-refractivity contribution in [3.63, 3.8) is 0 Å². The average Bonchev–Trinajstić information content (AvgIpc) is 3.48. The van der Waals surface area contributed by atoms with Crippen LogP contribution in [0, 0.1) is 0 Å². The molecule has 0 aliphatic carbocycles. The zero-order valence-electron chi connectivity index (χ0n) is 21.3. The van der Waals surface area contributed by atoms with Crippen LogP contribution in [-0.4, -0.2) is 31.8 Å². The molecule has 1 aliphatic rings. The second-order valence-electron chi connectivity index (χ2n) is 9.17. The maximum absolute atomic E-state index is 12.6. The predicted octanol–water partition coefficient (Wildman–Crippen LogP) is 6.94. The molecule has 5 rings (SSSR count). The number of hydrogen-bond donors (Lipinski definition) is 1. The molecule has 6 nitrogen and oxygen atoms in total. The van der Waals surface area contributed by atoms with Crippen molar-refractivity contribution in [1.82, 2.24) is 5.43 Å². The van der Waals surface area contributed by atoms with E-state index in [1.807, 2.05) is 55.5 Å². The van der Waals surface area contributed by atoms with Crippen molar-refractivity contribution in [2.75, 3.05) is 24.6 Å². The lowest BCUT2D eigenvalue weighted by Crippen LogP contribution is -2.19. The molecule has 4 aromatic rings. The van der Waals surface area contributed by atoms with Crippen LogP contribution in [0.1, 0.15) is 41.3 Å². The second kappa shape index (κ2) is 12.1. The molecule has 0 bridgehead atoms. The van der Waals surface area contributed by atoms with Gasteiger partial charge in [0.05, 0.1) is 17.3 Å². The molecule has 0 spiro atoms. The zero-order valence-corrected chi connectivity index (χ0v) is 22.9. The predicted molar refractivity (Wildman–Crippen MR) is 157 cm³/mol. The number of halogens is 1. The molecule has 4 aromatic carbocycles. The van der Waals surface area contributed by atoms with Gasteiger partial charge in [0.1, 0.15) is 6.61 Å². The Morgan fingerprint density at radius 1 is 0.974 bits per heavy atom. The highest BCUT2D eigenvalue weighted by Crippen LogP contribution is 2.37. The van der Waals surface area contributed by atoms with Crippen LogP contribution in [-0.2, 0) is 6.61 Å². The summed E-state index contributed by atoms with van der Waals surface area (Å²) in [5, 5.41) is 6.53. The quantitative estimate of drug-likeness (QED) is 0.174. The Kier molecular flexibility index (Phi) is 8.24. The van der Waals surface area contributed by atoms with E-state index in [0.29, 0.717) is 30.3 Å². The highest BCUT2D eigenvalue weighted by atomic mass is 79.9. The molecule has 1 N–H and O–H groups in total. The number of hydrogen-bond acceptors (Lipinski definition) is 5. The lowest BCUT2D eigenvalue weighted by atomic mass is 10.1. The summed E-state index contributed by atoms with van der Waals surface area (Å²) in [5.41, 5.74) is 6.17. The molecule has 7 heteroatoms. The van der Waals surface area contributed by atoms with Gasteiger partial charge in [0, 0.05) is 24.3 Å². The number of nitrogens with zero attached hydrogens (tertiary/aromatic N) is 2. The largest absolute Gasteiger partial charge is 0.490 e. The Balaban J connectivity index is 1.24. The smallest absolute Gasteiger partial charge is 0.271 e. The van der Waals surface area contributed by atoms with Gasteiger partial charge in [0.2, 0.25) is 0 Å². The molecule has 1 saturated heterocycles. The summed E-state index contributed by atoms with van der Waals surface area (Å²) in [5.74, 6) is 0.973. The molecule has 0 saturated carbocycles. The van der Waals surface area contributed by atoms with Crippen molar-refractivity contribution in [2.45, 2.75) is 26.4 Å². The van der Waals surface area contributed by atoms with Crippen LogP contribution in [0.2, 0.25) is 0 Å². The summed E-state index contributed by atoms with van der Waals surface area (Å²) in [4.78, 5) is 14.9. The van der Waals surface area contributed by atoms with E-state index in [0.717, 1.165) is 34.4 Å². The number of fused-ring (bicyclic) bond motifs is 1. The summed E-state index contributed by atoms with van der Waals surface area (Å²) in [7, 11) is 0. The molecule has 1 aliphatic heterocycles. The van der Waals surface area contributed by atoms with Gasteiger partial charge in [0.15, 0.2) is 11.5 Å². The van der Waals surface area contributed by atoms with Crippen LogP contribution < -0.4 is 19.8 Å². The first kappa shape index (κ1) is 25.8. The number of nitrogens with one attached hydrogen (secondary N) is 1. The molecular weight excluding hydrogens is 542 g/mol. The van der Waals surface area contributed by atoms with E-state index in [-0.39, 0.29) is 5.91 Å². The third-order valence-corrected chi connectivity index (χ3v) is 7.10. The van der Waals surface area contributed by atoms with Gasteiger partial charge >= 0.3 is 0 Å². The normalized spacial score (nSPS) is 13.3. The molecule has 194 valence electrons. The van der Waals surface area contributed by atoms with Crippen LogP contribution in [0.4, 0.5) is 5.69 Å². The number of carbonyl (C=O) groups excluding carboxylic acids is 1. The van der Waals surface area contributed by atoms with Gasteiger partial charge < -0.3 is 14.4 Å². The Morgan fingerprint density at radius 3 is 2.50 bits per heavy atom. The molecule has 1 amide bonds. The minimum atomic E-state index is -0.256. The average molecular weight is 573 g/mol. The van der Waals surface area contributed by atoms with E-state index in [1.54, 1.807) is 6.21 Å². The first-order chi connectivity index (χ1) is 18.6. The molecule has 0 atom stereocenters. The number of benzene rings is 4. The Hall–Kier alpha value is -3.84. The van der Waals surface area contributed by atoms with Crippen molar-refractivity contribution in [3.05, 3.63) is 100 Å². The Bertz CT molecular complexity index is 1450. The first-order valence-electron chi connectivity index (χ1n) is 12.9. The Labute approximate surface area is 231 Å². The fourth-order valence-corrected chi connectivity index (χ4v) is 5.15. The molecule has 0 aromatic heterocycles. The van der Waals surface area contributed by atoms with Gasteiger partial charge in [-0.3, -0.25) is 4.79 Å². The van der Waals surface area contributed by atoms with Crippen LogP contribution in [0.15, 0.2) is 88.4 Å². The summed E-state index contributed by atoms with van der Waals surface area (Å²) in [6.07, 6.45) is 4.03. The van der Waals surface area contributed by atoms with Crippen molar-refractivity contribution < 1.29 is 14.3 Å². The van der Waals surface area contributed by atoms with E-state index in [2.05, 4.69) is 61.7 Å². The van der Waals surface area contributed by atoms with Crippen molar-refractivity contribution in [3.8, 4) is 11.5 Å². The van der Waals surface area contributed by atoms with Crippen LogP contribution >= 0.6 is 15.9 Å². The summed E-state index contributed by atoms with van der Waals surface area (Å²) >= 11 is 3.62. The van der Waals surface area contributed by atoms with Crippen molar-refractivity contribution >= 4 is 44.5 Å². The monoisotopic (exact) mass is 571 g/mol. The molecule has 0 radical (unpaired) electrons. The highest BCUT2D eigenvalue weighted by molar-refractivity contribution is 9.10. The fraction of sp³-hybridized carbons (Fsp3) is 0.226. The van der Waals surface area contributed by atoms with E-state index < -0.39 is 0 Å². The lowest BCUT2D eigenvalue weighted by molar-refractivity contribution is 0.0955. The van der Waals surface area contributed by atoms with Crippen LogP contribution in [0.5, 0.6) is 11.5 Å². The van der Waals surface area contributed by atoms with Crippen LogP contribution in [0.25, 0.3) is 10.8 Å². The van der Waals surface area contributed by atoms with Crippen molar-refractivity contribution in [2.24, 2.45) is 5.10 Å². The number of hydrazone groups is 1. The van der Waals surface area contributed by atoms with Gasteiger partial charge in [0.25, 0.3) is 5.91 Å². The minimum Gasteiger partial charge on any atom is -0.490 e. The number of rotatable bonds is 9. The highest BCUT2D eigenvalue weighted by Gasteiger charge is 2.14. The second-order valence-corrected chi connectivity index (χ2v) is 10.0. The first-order valence-corrected chi connectivity index (χ1v) is 13.7. The lowest BCUT2D eigenvalue weighted by Gasteiger charge is -2.17. The van der Waals surface area contributed by atoms with Gasteiger partial charge in [-0.15, -0.1) is 0 Å². The molecule has 1 fully saturated rings. The molecule has 0 unspecified atom stereocenters. The number of amides is 1. The maximum Gasteiger partial charge on any atom is 0.271 e. The molecule has 1 heterocycles. The van der Waals surface area contributed by atoms with E-state index >= 15 is 0 Å². The SMILES string of the molecule is CCOc1cc(/C=N\NC(=O)c2ccc(N3CCCC3)cc2)cc(Br)c1OCc1ccc2ccccc2c1. The summed E-state index contributed by atoms with van der Waals surface area (Å²) < 4.78 is 12.8. The number of anilines is 1.